The first-order chi connectivity index (χ1) is 9.75. The lowest BCUT2D eigenvalue weighted by atomic mass is 9.71. The van der Waals surface area contributed by atoms with Gasteiger partial charge < -0.3 is 10.6 Å². The molecule has 21 heavy (non-hydrogen) atoms. The van der Waals surface area contributed by atoms with Gasteiger partial charge in [0, 0.05) is 11.7 Å². The summed E-state index contributed by atoms with van der Waals surface area (Å²) in [5.74, 6) is 0.760. The molecule has 0 radical (unpaired) electrons. The van der Waals surface area contributed by atoms with Gasteiger partial charge in [0.2, 0.25) is 0 Å². The first-order valence-electron chi connectivity index (χ1n) is 7.90. The van der Waals surface area contributed by atoms with E-state index >= 15 is 0 Å². The third kappa shape index (κ3) is 4.70. The van der Waals surface area contributed by atoms with Gasteiger partial charge in [-0.3, -0.25) is 0 Å². The summed E-state index contributed by atoms with van der Waals surface area (Å²) in [5, 5.41) is 7.57. The SMILES string of the molecule is Cc1ccc(NC(=S)NC2CC(C)CC(C)(C)C2)cc1C. The number of hydrogen-bond donors (Lipinski definition) is 2. The van der Waals surface area contributed by atoms with Crippen molar-refractivity contribution in [2.75, 3.05) is 5.32 Å². The van der Waals surface area contributed by atoms with Crippen LogP contribution in [0.1, 0.15) is 51.2 Å². The highest BCUT2D eigenvalue weighted by molar-refractivity contribution is 7.80. The summed E-state index contributed by atoms with van der Waals surface area (Å²) in [4.78, 5) is 0. The molecular formula is C18H28N2S. The zero-order valence-electron chi connectivity index (χ0n) is 13.9. The maximum Gasteiger partial charge on any atom is 0.170 e. The van der Waals surface area contributed by atoms with Crippen molar-refractivity contribution in [2.45, 2.75) is 59.9 Å². The van der Waals surface area contributed by atoms with Gasteiger partial charge in [0.1, 0.15) is 0 Å². The zero-order valence-corrected chi connectivity index (χ0v) is 14.7. The van der Waals surface area contributed by atoms with Gasteiger partial charge in [-0.25, -0.2) is 0 Å². The molecule has 1 aromatic carbocycles. The highest BCUT2D eigenvalue weighted by Gasteiger charge is 2.32. The van der Waals surface area contributed by atoms with Crippen molar-refractivity contribution < 1.29 is 0 Å². The fourth-order valence-corrected chi connectivity index (χ4v) is 3.91. The summed E-state index contributed by atoms with van der Waals surface area (Å²) in [6.45, 7) is 11.3. The summed E-state index contributed by atoms with van der Waals surface area (Å²) in [7, 11) is 0. The Labute approximate surface area is 134 Å². The number of anilines is 1. The van der Waals surface area contributed by atoms with E-state index in [-0.39, 0.29) is 0 Å². The molecule has 1 saturated carbocycles. The van der Waals surface area contributed by atoms with Crippen LogP contribution in [-0.4, -0.2) is 11.2 Å². The van der Waals surface area contributed by atoms with Crippen LogP contribution in [-0.2, 0) is 0 Å². The Hall–Kier alpha value is -1.09. The number of hydrogen-bond acceptors (Lipinski definition) is 1. The quantitative estimate of drug-likeness (QED) is 0.767. The molecule has 2 N–H and O–H groups in total. The van der Waals surface area contributed by atoms with Crippen LogP contribution in [0.5, 0.6) is 0 Å². The van der Waals surface area contributed by atoms with E-state index in [0.29, 0.717) is 11.5 Å². The Morgan fingerprint density at radius 3 is 2.52 bits per heavy atom. The van der Waals surface area contributed by atoms with E-state index in [1.54, 1.807) is 0 Å². The molecular weight excluding hydrogens is 276 g/mol. The monoisotopic (exact) mass is 304 g/mol. The molecule has 2 atom stereocenters. The molecule has 1 aliphatic carbocycles. The second-order valence-electron chi connectivity index (χ2n) is 7.51. The predicted octanol–water partition coefficient (Wildman–Crippen LogP) is 4.80. The Morgan fingerprint density at radius 1 is 1.19 bits per heavy atom. The average Bonchev–Trinajstić information content (AvgIpc) is 2.31. The maximum absolute atomic E-state index is 5.48. The third-order valence-electron chi connectivity index (χ3n) is 4.49. The Kier molecular flexibility index (Phi) is 4.92. The zero-order chi connectivity index (χ0) is 15.6. The first kappa shape index (κ1) is 16.3. The Bertz CT molecular complexity index is 522. The van der Waals surface area contributed by atoms with E-state index in [0.717, 1.165) is 16.7 Å². The van der Waals surface area contributed by atoms with Crippen LogP contribution in [0.3, 0.4) is 0 Å². The van der Waals surface area contributed by atoms with Gasteiger partial charge in [-0.1, -0.05) is 26.8 Å². The van der Waals surface area contributed by atoms with E-state index < -0.39 is 0 Å². The number of aryl methyl sites for hydroxylation is 2. The van der Waals surface area contributed by atoms with Crippen molar-refractivity contribution in [3.63, 3.8) is 0 Å². The predicted molar refractivity (Wildman–Crippen MR) is 95.9 cm³/mol. The maximum atomic E-state index is 5.48. The Morgan fingerprint density at radius 2 is 1.90 bits per heavy atom. The van der Waals surface area contributed by atoms with E-state index in [9.17, 15) is 0 Å². The smallest absolute Gasteiger partial charge is 0.170 e. The standard InChI is InChI=1S/C18H28N2S/c1-12-8-16(11-18(4,5)10-12)20-17(21)19-15-7-6-13(2)14(3)9-15/h6-7,9,12,16H,8,10-11H2,1-5H3,(H2,19,20,21). The Balaban J connectivity index is 1.93. The number of rotatable bonds is 2. The largest absolute Gasteiger partial charge is 0.360 e. The molecule has 0 bridgehead atoms. The van der Waals surface area contributed by atoms with Crippen molar-refractivity contribution in [3.05, 3.63) is 29.3 Å². The number of thiocarbonyl (C=S) groups is 1. The van der Waals surface area contributed by atoms with Gasteiger partial charge in [0.25, 0.3) is 0 Å². The molecule has 0 aliphatic heterocycles. The second-order valence-corrected chi connectivity index (χ2v) is 7.92. The molecule has 1 fully saturated rings. The normalized spacial score (nSPS) is 24.4. The van der Waals surface area contributed by atoms with Crippen molar-refractivity contribution in [2.24, 2.45) is 11.3 Å². The lowest BCUT2D eigenvalue weighted by molar-refractivity contribution is 0.162. The van der Waals surface area contributed by atoms with Crippen molar-refractivity contribution in [3.8, 4) is 0 Å². The highest BCUT2D eigenvalue weighted by Crippen LogP contribution is 2.38. The molecule has 0 saturated heterocycles. The second kappa shape index (κ2) is 6.35. The minimum atomic E-state index is 0.408. The van der Waals surface area contributed by atoms with Crippen LogP contribution in [0.2, 0.25) is 0 Å². The van der Waals surface area contributed by atoms with E-state index in [1.807, 2.05) is 0 Å². The van der Waals surface area contributed by atoms with Crippen molar-refractivity contribution in [1.82, 2.24) is 5.32 Å². The van der Waals surface area contributed by atoms with E-state index in [2.05, 4.69) is 63.5 Å². The minimum Gasteiger partial charge on any atom is -0.360 e. The lowest BCUT2D eigenvalue weighted by Crippen LogP contribution is -2.44. The van der Waals surface area contributed by atoms with Crippen LogP contribution in [0.15, 0.2) is 18.2 Å². The summed E-state index contributed by atoms with van der Waals surface area (Å²) in [5.41, 5.74) is 4.07. The van der Waals surface area contributed by atoms with Gasteiger partial charge in [0.15, 0.2) is 5.11 Å². The number of nitrogens with one attached hydrogen (secondary N) is 2. The first-order valence-corrected chi connectivity index (χ1v) is 8.31. The number of benzene rings is 1. The van der Waals surface area contributed by atoms with Crippen molar-refractivity contribution >= 4 is 23.0 Å². The van der Waals surface area contributed by atoms with Gasteiger partial charge in [-0.2, -0.15) is 0 Å². The van der Waals surface area contributed by atoms with E-state index in [4.69, 9.17) is 12.2 Å². The van der Waals surface area contributed by atoms with Crippen LogP contribution in [0.25, 0.3) is 0 Å². The molecule has 116 valence electrons. The summed E-state index contributed by atoms with van der Waals surface area (Å²) < 4.78 is 0. The summed E-state index contributed by atoms with van der Waals surface area (Å²) in [6.07, 6.45) is 3.70. The molecule has 2 unspecified atom stereocenters. The van der Waals surface area contributed by atoms with Gasteiger partial charge in [0.05, 0.1) is 0 Å². The molecule has 0 amide bonds. The topological polar surface area (TPSA) is 24.1 Å². The summed E-state index contributed by atoms with van der Waals surface area (Å²) >= 11 is 5.48. The fourth-order valence-electron chi connectivity index (χ4n) is 3.63. The molecule has 1 aromatic rings. The molecule has 3 heteroatoms. The minimum absolute atomic E-state index is 0.408. The fraction of sp³-hybridized carbons (Fsp3) is 0.611. The van der Waals surface area contributed by atoms with Gasteiger partial charge in [-0.05, 0) is 79.9 Å². The molecule has 1 aliphatic rings. The van der Waals surface area contributed by atoms with Crippen molar-refractivity contribution in [1.29, 1.82) is 0 Å². The average molecular weight is 305 g/mol. The molecule has 0 aromatic heterocycles. The molecule has 2 nitrogen and oxygen atoms in total. The molecule has 2 rings (SSSR count). The highest BCUT2D eigenvalue weighted by atomic mass is 32.1. The van der Waals surface area contributed by atoms with Gasteiger partial charge >= 0.3 is 0 Å². The van der Waals surface area contributed by atoms with Crippen LogP contribution < -0.4 is 10.6 Å². The van der Waals surface area contributed by atoms with Crippen LogP contribution in [0, 0.1) is 25.2 Å². The van der Waals surface area contributed by atoms with Crippen LogP contribution >= 0.6 is 12.2 Å². The lowest BCUT2D eigenvalue weighted by Gasteiger charge is -2.39. The van der Waals surface area contributed by atoms with Gasteiger partial charge in [-0.15, -0.1) is 0 Å². The molecule has 0 spiro atoms. The van der Waals surface area contributed by atoms with Crippen LogP contribution in [0.4, 0.5) is 5.69 Å². The third-order valence-corrected chi connectivity index (χ3v) is 4.71. The van der Waals surface area contributed by atoms with E-state index in [1.165, 1.54) is 30.4 Å². The summed E-state index contributed by atoms with van der Waals surface area (Å²) in [6, 6.07) is 6.85. The molecule has 0 heterocycles.